The molecule has 3 aromatic rings. The van der Waals surface area contributed by atoms with E-state index in [0.717, 1.165) is 25.4 Å². The molecule has 10 heteroatoms. The number of rotatable bonds is 10. The van der Waals surface area contributed by atoms with Gasteiger partial charge in [-0.25, -0.2) is 18.1 Å². The molecule has 198 valence electrons. The Morgan fingerprint density at radius 3 is 2.59 bits per heavy atom. The third-order valence-corrected chi connectivity index (χ3v) is 7.34. The molecule has 37 heavy (non-hydrogen) atoms. The normalized spacial score (nSPS) is 16.4. The number of nitrogens with one attached hydrogen (secondary N) is 3. The van der Waals surface area contributed by atoms with Gasteiger partial charge in [0.25, 0.3) is 0 Å². The summed E-state index contributed by atoms with van der Waals surface area (Å²) in [6, 6.07) is 13.3. The molecule has 0 saturated carbocycles. The Hall–Kier alpha value is -3.21. The van der Waals surface area contributed by atoms with Crippen molar-refractivity contribution in [1.29, 1.82) is 0 Å². The first kappa shape index (κ1) is 21.8. The number of sulfonamides is 1. The summed E-state index contributed by atoms with van der Waals surface area (Å²) >= 11 is 0. The maximum absolute atomic E-state index is 13.0. The Labute approximate surface area is 225 Å². The fourth-order valence-electron chi connectivity index (χ4n) is 3.92. The number of hydrogen-bond donors (Lipinski definition) is 3. The third-order valence-electron chi connectivity index (χ3n) is 5.68. The molecule has 3 N–H and O–H groups in total. The van der Waals surface area contributed by atoms with Crippen LogP contribution in [-0.4, -0.2) is 55.1 Å². The van der Waals surface area contributed by atoms with E-state index in [1.165, 1.54) is 44.9 Å². The number of aromatic nitrogens is 2. The Morgan fingerprint density at radius 2 is 1.86 bits per heavy atom. The summed E-state index contributed by atoms with van der Waals surface area (Å²) in [7, 11) is -4.14. The van der Waals surface area contributed by atoms with E-state index in [1.54, 1.807) is 13.0 Å². The lowest BCUT2D eigenvalue weighted by Gasteiger charge is -2.20. The van der Waals surface area contributed by atoms with Crippen LogP contribution in [0.2, 0.25) is 0 Å². The molecular formula is C27H36N6O3S. The van der Waals surface area contributed by atoms with Crippen molar-refractivity contribution in [1.82, 2.24) is 19.6 Å². The number of ether oxygens (including phenoxy) is 1. The summed E-state index contributed by atoms with van der Waals surface area (Å²) in [5, 5.41) is 6.16. The molecule has 9 nitrogen and oxygen atoms in total. The summed E-state index contributed by atoms with van der Waals surface area (Å²) < 4.78 is 65.2. The molecule has 1 aliphatic heterocycles. The minimum atomic E-state index is -4.14. The second-order valence-electron chi connectivity index (χ2n) is 9.56. The predicted molar refractivity (Wildman–Crippen MR) is 147 cm³/mol. The summed E-state index contributed by atoms with van der Waals surface area (Å²) in [4.78, 5) is 11.0. The highest BCUT2D eigenvalue weighted by Crippen LogP contribution is 2.24. The van der Waals surface area contributed by atoms with E-state index in [4.69, 9.17) is 10.2 Å². The zero-order valence-corrected chi connectivity index (χ0v) is 22.2. The lowest BCUT2D eigenvalue weighted by atomic mass is 10.1. The highest BCUT2D eigenvalue weighted by molar-refractivity contribution is 7.89. The third kappa shape index (κ3) is 7.88. The van der Waals surface area contributed by atoms with Crippen molar-refractivity contribution in [2.75, 3.05) is 36.9 Å². The van der Waals surface area contributed by atoms with Crippen molar-refractivity contribution in [3.63, 3.8) is 0 Å². The van der Waals surface area contributed by atoms with Crippen molar-refractivity contribution >= 4 is 33.2 Å². The molecule has 0 bridgehead atoms. The van der Waals surface area contributed by atoms with Gasteiger partial charge in [-0.1, -0.05) is 6.07 Å². The van der Waals surface area contributed by atoms with Crippen LogP contribution in [0.15, 0.2) is 59.6 Å². The van der Waals surface area contributed by atoms with Gasteiger partial charge in [-0.3, -0.25) is 4.90 Å². The van der Waals surface area contributed by atoms with Gasteiger partial charge in [-0.15, -0.1) is 0 Å². The first-order valence-electron chi connectivity index (χ1n) is 14.2. The smallest absolute Gasteiger partial charge is 0.241 e. The van der Waals surface area contributed by atoms with Crippen LogP contribution in [0.25, 0.3) is 0 Å². The van der Waals surface area contributed by atoms with E-state index in [-0.39, 0.29) is 17.0 Å². The fraction of sp³-hybridized carbons (Fsp3) is 0.407. The average Bonchev–Trinajstić information content (AvgIpc) is 3.41. The highest BCUT2D eigenvalue weighted by atomic mass is 32.2. The SMILES string of the molecule is [2H]c1nc(Nc2ccc(OCCN3CCCC3)cc2)nc(Nc2cccc(S(=O)(=O)NC(C)(C)C([2H])([2H])[2H])c2)c1C. The van der Waals surface area contributed by atoms with Crippen molar-refractivity contribution in [3.8, 4) is 5.75 Å². The number of anilines is 4. The van der Waals surface area contributed by atoms with E-state index < -0.39 is 22.4 Å². The molecule has 1 saturated heterocycles. The van der Waals surface area contributed by atoms with Gasteiger partial charge in [0.15, 0.2) is 0 Å². The van der Waals surface area contributed by atoms with Gasteiger partial charge >= 0.3 is 0 Å². The lowest BCUT2D eigenvalue weighted by molar-refractivity contribution is 0.238. The highest BCUT2D eigenvalue weighted by Gasteiger charge is 2.22. The van der Waals surface area contributed by atoms with Gasteiger partial charge in [0.05, 0.1) is 6.27 Å². The summed E-state index contributed by atoms with van der Waals surface area (Å²) in [6.45, 7) is 5.56. The second-order valence-corrected chi connectivity index (χ2v) is 11.2. The van der Waals surface area contributed by atoms with E-state index in [9.17, 15) is 8.42 Å². The second kappa shape index (κ2) is 11.5. The molecule has 2 aromatic carbocycles. The maximum Gasteiger partial charge on any atom is 0.241 e. The van der Waals surface area contributed by atoms with Crippen LogP contribution >= 0.6 is 0 Å². The molecule has 0 spiro atoms. The molecule has 4 rings (SSSR count). The van der Waals surface area contributed by atoms with Gasteiger partial charge in [0.2, 0.25) is 16.0 Å². The van der Waals surface area contributed by atoms with Crippen molar-refractivity contribution in [2.24, 2.45) is 0 Å². The number of hydrogen-bond acceptors (Lipinski definition) is 8. The van der Waals surface area contributed by atoms with Gasteiger partial charge in [0, 0.05) is 39.3 Å². The molecule has 1 aromatic heterocycles. The molecule has 0 aliphatic carbocycles. The van der Waals surface area contributed by atoms with Crippen molar-refractivity contribution in [2.45, 2.75) is 50.9 Å². The number of nitrogens with zero attached hydrogens (tertiary/aromatic N) is 3. The van der Waals surface area contributed by atoms with E-state index >= 15 is 0 Å². The summed E-state index contributed by atoms with van der Waals surface area (Å²) in [5.74, 6) is 1.27. The molecule has 0 unspecified atom stereocenters. The summed E-state index contributed by atoms with van der Waals surface area (Å²) in [5.41, 5.74) is -0.103. The first-order valence-corrected chi connectivity index (χ1v) is 13.7. The Kier molecular flexibility index (Phi) is 6.76. The topological polar surface area (TPSA) is 108 Å². The first-order chi connectivity index (χ1) is 19.2. The monoisotopic (exact) mass is 528 g/mol. The zero-order valence-electron chi connectivity index (χ0n) is 25.3. The maximum atomic E-state index is 13.0. The Morgan fingerprint density at radius 1 is 1.11 bits per heavy atom. The van der Waals surface area contributed by atoms with Gasteiger partial charge in [-0.05, 0) is 96.0 Å². The molecule has 0 atom stereocenters. The standard InChI is InChI=1S/C27H36N6O3S/c1-20-19-28-26(30-21-10-12-23(13-11-21)36-17-16-33-14-5-6-15-33)31-25(20)29-22-8-7-9-24(18-22)37(34,35)32-27(2,3)4/h7-13,18-19,32H,5-6,14-17H2,1-4H3,(H2,28,29,30,31)/i2D3,19D. The van der Waals surface area contributed by atoms with E-state index in [0.29, 0.717) is 29.4 Å². The van der Waals surface area contributed by atoms with Crippen LogP contribution < -0.4 is 20.1 Å². The molecule has 2 heterocycles. The fourth-order valence-corrected chi connectivity index (χ4v) is 5.25. The minimum absolute atomic E-state index is 0.00302. The molecule has 0 amide bonds. The Balaban J connectivity index is 1.45. The minimum Gasteiger partial charge on any atom is -0.492 e. The molecule has 1 fully saturated rings. The molecular weight excluding hydrogens is 488 g/mol. The van der Waals surface area contributed by atoms with Gasteiger partial charge < -0.3 is 15.4 Å². The van der Waals surface area contributed by atoms with Crippen LogP contribution in [-0.2, 0) is 10.0 Å². The van der Waals surface area contributed by atoms with Crippen LogP contribution in [0.1, 0.15) is 44.6 Å². The number of likely N-dealkylation sites (tertiary alicyclic amines) is 1. The van der Waals surface area contributed by atoms with E-state index in [2.05, 4.69) is 30.2 Å². The zero-order chi connectivity index (χ0) is 29.8. The van der Waals surface area contributed by atoms with Crippen molar-refractivity contribution in [3.05, 3.63) is 60.3 Å². The Bertz CT molecular complexity index is 1460. The van der Waals surface area contributed by atoms with Gasteiger partial charge in [0.1, 0.15) is 18.2 Å². The average molecular weight is 529 g/mol. The molecule has 0 radical (unpaired) electrons. The largest absolute Gasteiger partial charge is 0.492 e. The van der Waals surface area contributed by atoms with Crippen LogP contribution in [0.4, 0.5) is 23.1 Å². The number of benzene rings is 2. The quantitative estimate of drug-likeness (QED) is 0.344. The lowest BCUT2D eigenvalue weighted by Crippen LogP contribution is -2.40. The van der Waals surface area contributed by atoms with Crippen molar-refractivity contribution < 1.29 is 18.6 Å². The van der Waals surface area contributed by atoms with Crippen LogP contribution in [0, 0.1) is 6.92 Å². The van der Waals surface area contributed by atoms with E-state index in [1.807, 2.05) is 24.3 Å². The molecule has 1 aliphatic rings. The predicted octanol–water partition coefficient (Wildman–Crippen LogP) is 4.82. The van der Waals surface area contributed by atoms with Crippen LogP contribution in [0.5, 0.6) is 5.75 Å². The van der Waals surface area contributed by atoms with Gasteiger partial charge in [-0.2, -0.15) is 4.98 Å². The van der Waals surface area contributed by atoms with Crippen LogP contribution in [0.3, 0.4) is 0 Å². The summed E-state index contributed by atoms with van der Waals surface area (Å²) in [6.07, 6.45) is 2.49.